The minimum atomic E-state index is -0.605. The number of amides is 1. The summed E-state index contributed by atoms with van der Waals surface area (Å²) in [5.74, 6) is 0.333. The number of hydrogen-bond donors (Lipinski definition) is 1. The van der Waals surface area contributed by atoms with Crippen molar-refractivity contribution in [3.05, 3.63) is 88.1 Å². The third kappa shape index (κ3) is 4.50. The maximum absolute atomic E-state index is 13.7. The molecule has 1 fully saturated rings. The molecule has 7 nitrogen and oxygen atoms in total. The Labute approximate surface area is 209 Å². The van der Waals surface area contributed by atoms with Crippen molar-refractivity contribution in [3.63, 3.8) is 0 Å². The SMILES string of the molecule is Cc1nnc(SCC2=C(C(=O)OC(c3ccccc3)c3ccccc3)N3C(=O)C(N)C3SC2)s1. The summed E-state index contributed by atoms with van der Waals surface area (Å²) in [6.07, 6.45) is -0.597. The number of carbonyl (C=O) groups is 2. The fourth-order valence-electron chi connectivity index (χ4n) is 3.91. The number of fused-ring (bicyclic) bond motifs is 1. The summed E-state index contributed by atoms with van der Waals surface area (Å²) in [6.45, 7) is 1.90. The van der Waals surface area contributed by atoms with E-state index in [0.717, 1.165) is 26.0 Å². The lowest BCUT2D eigenvalue weighted by atomic mass is 10.0. The average molecular weight is 511 g/mol. The zero-order valence-electron chi connectivity index (χ0n) is 18.3. The van der Waals surface area contributed by atoms with Gasteiger partial charge >= 0.3 is 5.97 Å². The van der Waals surface area contributed by atoms with E-state index in [4.69, 9.17) is 10.5 Å². The van der Waals surface area contributed by atoms with Gasteiger partial charge in [0.2, 0.25) is 5.91 Å². The van der Waals surface area contributed by atoms with Crippen LogP contribution in [0.1, 0.15) is 22.2 Å². The molecular formula is C24H22N4O3S3. The molecule has 1 amide bonds. The molecule has 0 spiro atoms. The van der Waals surface area contributed by atoms with Crippen LogP contribution in [0.4, 0.5) is 0 Å². The molecule has 5 rings (SSSR count). The number of hydrogen-bond acceptors (Lipinski definition) is 9. The molecule has 0 radical (unpaired) electrons. The molecule has 34 heavy (non-hydrogen) atoms. The Morgan fingerprint density at radius 1 is 1.15 bits per heavy atom. The molecule has 2 unspecified atom stereocenters. The lowest BCUT2D eigenvalue weighted by molar-refractivity contribution is -0.153. The van der Waals surface area contributed by atoms with E-state index in [2.05, 4.69) is 10.2 Å². The Kier molecular flexibility index (Phi) is 6.73. The van der Waals surface area contributed by atoms with Gasteiger partial charge in [-0.3, -0.25) is 9.69 Å². The summed E-state index contributed by atoms with van der Waals surface area (Å²) >= 11 is 4.58. The highest BCUT2D eigenvalue weighted by atomic mass is 32.2. The van der Waals surface area contributed by atoms with Crippen molar-refractivity contribution < 1.29 is 14.3 Å². The maximum atomic E-state index is 13.7. The van der Waals surface area contributed by atoms with Gasteiger partial charge in [0.05, 0.1) is 0 Å². The second kappa shape index (κ2) is 9.91. The summed E-state index contributed by atoms with van der Waals surface area (Å²) in [6, 6.07) is 18.6. The van der Waals surface area contributed by atoms with E-state index in [-0.39, 0.29) is 11.3 Å². The van der Waals surface area contributed by atoms with Crippen LogP contribution in [0, 0.1) is 6.92 Å². The molecule has 0 bridgehead atoms. The van der Waals surface area contributed by atoms with Gasteiger partial charge in [-0.25, -0.2) is 4.79 Å². The van der Waals surface area contributed by atoms with E-state index in [0.29, 0.717) is 17.2 Å². The van der Waals surface area contributed by atoms with Crippen molar-refractivity contribution in [2.45, 2.75) is 28.8 Å². The van der Waals surface area contributed by atoms with Crippen molar-refractivity contribution in [2.75, 3.05) is 11.5 Å². The number of β-lactam (4-membered cyclic amide) rings is 1. The molecule has 1 aromatic heterocycles. The number of thioether (sulfide) groups is 2. The van der Waals surface area contributed by atoms with Gasteiger partial charge in [0.1, 0.15) is 22.1 Å². The molecule has 2 aromatic carbocycles. The van der Waals surface area contributed by atoms with Gasteiger partial charge in [0.25, 0.3) is 0 Å². The van der Waals surface area contributed by atoms with E-state index in [9.17, 15) is 9.59 Å². The highest BCUT2D eigenvalue weighted by Crippen LogP contribution is 2.42. The molecule has 0 saturated carbocycles. The molecule has 1 saturated heterocycles. The highest BCUT2D eigenvalue weighted by molar-refractivity contribution is 8.01. The van der Waals surface area contributed by atoms with E-state index in [1.54, 1.807) is 11.8 Å². The van der Waals surface area contributed by atoms with E-state index < -0.39 is 18.1 Å². The van der Waals surface area contributed by atoms with Crippen LogP contribution >= 0.6 is 34.9 Å². The van der Waals surface area contributed by atoms with Gasteiger partial charge < -0.3 is 10.5 Å². The lowest BCUT2D eigenvalue weighted by Gasteiger charge is -2.48. The minimum Gasteiger partial charge on any atom is -0.448 e. The summed E-state index contributed by atoms with van der Waals surface area (Å²) in [4.78, 5) is 27.9. The normalized spacial score (nSPS) is 19.7. The van der Waals surface area contributed by atoms with E-state index in [1.165, 1.54) is 28.0 Å². The first kappa shape index (κ1) is 23.1. The molecule has 10 heteroatoms. The fourth-order valence-corrected chi connectivity index (χ4v) is 7.16. The molecule has 2 aliphatic heterocycles. The molecule has 3 heterocycles. The van der Waals surface area contributed by atoms with Crippen LogP contribution in [0.3, 0.4) is 0 Å². The fraction of sp³-hybridized carbons (Fsp3) is 0.250. The summed E-state index contributed by atoms with van der Waals surface area (Å²) in [7, 11) is 0. The molecule has 2 aliphatic rings. The number of nitrogens with zero attached hydrogens (tertiary/aromatic N) is 3. The van der Waals surface area contributed by atoms with Gasteiger partial charge in [0, 0.05) is 11.5 Å². The van der Waals surface area contributed by atoms with Gasteiger partial charge in [-0.05, 0) is 23.6 Å². The molecule has 3 aromatic rings. The number of carbonyl (C=O) groups excluding carboxylic acids is 2. The van der Waals surface area contributed by atoms with Crippen molar-refractivity contribution in [1.29, 1.82) is 0 Å². The standard InChI is InChI=1S/C24H22N4O3S3/c1-14-26-27-24(34-14)33-13-17-12-32-22-18(25)21(29)28(22)19(17)23(30)31-20(15-8-4-2-5-9-15)16-10-6-3-7-11-16/h2-11,18,20,22H,12-13,25H2,1H3. The van der Waals surface area contributed by atoms with Crippen LogP contribution in [-0.2, 0) is 14.3 Å². The lowest BCUT2D eigenvalue weighted by Crippen LogP contribution is -2.68. The highest BCUT2D eigenvalue weighted by Gasteiger charge is 2.52. The van der Waals surface area contributed by atoms with Crippen LogP contribution < -0.4 is 5.73 Å². The first-order chi connectivity index (χ1) is 16.5. The van der Waals surface area contributed by atoms with Crippen molar-refractivity contribution in [2.24, 2.45) is 5.73 Å². The molecule has 2 N–H and O–H groups in total. The second-order valence-electron chi connectivity index (χ2n) is 7.87. The van der Waals surface area contributed by atoms with E-state index >= 15 is 0 Å². The number of rotatable bonds is 7. The minimum absolute atomic E-state index is 0.250. The first-order valence-electron chi connectivity index (χ1n) is 10.7. The van der Waals surface area contributed by atoms with Crippen LogP contribution in [0.25, 0.3) is 0 Å². The summed E-state index contributed by atoms with van der Waals surface area (Å²) in [5.41, 5.74) is 8.89. The number of benzene rings is 2. The van der Waals surface area contributed by atoms with Crippen LogP contribution in [0.15, 0.2) is 76.3 Å². The Balaban J connectivity index is 1.47. The zero-order chi connectivity index (χ0) is 23.7. The monoisotopic (exact) mass is 510 g/mol. The molecule has 2 atom stereocenters. The number of ether oxygens (including phenoxy) is 1. The van der Waals surface area contributed by atoms with Gasteiger partial charge in [0.15, 0.2) is 10.4 Å². The quantitative estimate of drug-likeness (QED) is 0.291. The van der Waals surface area contributed by atoms with Gasteiger partial charge in [-0.15, -0.1) is 22.0 Å². The Hall–Kier alpha value is -2.66. The number of esters is 1. The summed E-state index contributed by atoms with van der Waals surface area (Å²) in [5, 5.41) is 8.84. The van der Waals surface area contributed by atoms with Gasteiger partial charge in [-0.1, -0.05) is 83.8 Å². The number of aryl methyl sites for hydroxylation is 1. The number of aromatic nitrogens is 2. The Morgan fingerprint density at radius 3 is 2.38 bits per heavy atom. The average Bonchev–Trinajstić information content (AvgIpc) is 3.30. The third-order valence-corrected chi connectivity index (χ3v) is 9.01. The molecule has 0 aliphatic carbocycles. The second-order valence-corrected chi connectivity index (χ2v) is 11.4. The smallest absolute Gasteiger partial charge is 0.356 e. The third-order valence-electron chi connectivity index (χ3n) is 5.59. The van der Waals surface area contributed by atoms with Crippen LogP contribution in [0.2, 0.25) is 0 Å². The molecular weight excluding hydrogens is 488 g/mol. The Bertz CT molecular complexity index is 1190. The largest absolute Gasteiger partial charge is 0.448 e. The molecule has 174 valence electrons. The predicted octanol–water partition coefficient (Wildman–Crippen LogP) is 3.77. The topological polar surface area (TPSA) is 98.4 Å². The van der Waals surface area contributed by atoms with E-state index in [1.807, 2.05) is 67.6 Å². The first-order valence-corrected chi connectivity index (χ1v) is 13.5. The maximum Gasteiger partial charge on any atom is 0.356 e. The Morgan fingerprint density at radius 2 is 1.79 bits per heavy atom. The zero-order valence-corrected chi connectivity index (χ0v) is 20.7. The van der Waals surface area contributed by atoms with Crippen LogP contribution in [-0.4, -0.2) is 49.9 Å². The van der Waals surface area contributed by atoms with Crippen LogP contribution in [0.5, 0.6) is 0 Å². The number of nitrogens with two attached hydrogens (primary N) is 1. The van der Waals surface area contributed by atoms with Crippen molar-refractivity contribution in [3.8, 4) is 0 Å². The van der Waals surface area contributed by atoms with Crippen molar-refractivity contribution in [1.82, 2.24) is 15.1 Å². The van der Waals surface area contributed by atoms with Crippen molar-refractivity contribution >= 4 is 46.7 Å². The summed E-state index contributed by atoms with van der Waals surface area (Å²) < 4.78 is 6.93. The van der Waals surface area contributed by atoms with Gasteiger partial charge in [-0.2, -0.15) is 0 Å². The predicted molar refractivity (Wildman–Crippen MR) is 134 cm³/mol.